The first kappa shape index (κ1) is 22.4. The van der Waals surface area contributed by atoms with Crippen LogP contribution in [0.4, 0.5) is 11.4 Å². The summed E-state index contributed by atoms with van der Waals surface area (Å²) in [5.74, 6) is 0.622. The van der Waals surface area contributed by atoms with Crippen molar-refractivity contribution in [3.63, 3.8) is 0 Å². The summed E-state index contributed by atoms with van der Waals surface area (Å²) in [5, 5.41) is 3.54. The molecule has 1 fully saturated rings. The van der Waals surface area contributed by atoms with Crippen molar-refractivity contribution in [2.45, 2.75) is 39.0 Å². The van der Waals surface area contributed by atoms with E-state index in [2.05, 4.69) is 17.1 Å². The summed E-state index contributed by atoms with van der Waals surface area (Å²) in [5.41, 5.74) is 2.22. The fraction of sp³-hybridized carbons (Fsp3) is 0.458. The molecular formula is C24H31ClN2O3. The quantitative estimate of drug-likeness (QED) is 0.485. The molecule has 0 radical (unpaired) electrons. The third-order valence-corrected chi connectivity index (χ3v) is 5.49. The van der Waals surface area contributed by atoms with E-state index in [4.69, 9.17) is 21.1 Å². The first-order valence-corrected chi connectivity index (χ1v) is 11.2. The SMILES string of the molecule is CCCCCCCOc1ccc(C(=O)Nc2ccc(N3CCOCC3)c(Cl)c2)cc1. The van der Waals surface area contributed by atoms with Gasteiger partial charge in [-0.2, -0.15) is 0 Å². The molecule has 3 rings (SSSR count). The second-order valence-electron chi connectivity index (χ2n) is 7.51. The molecule has 0 aliphatic carbocycles. The first-order chi connectivity index (χ1) is 14.7. The molecule has 1 aliphatic heterocycles. The maximum absolute atomic E-state index is 12.6. The number of amides is 1. The van der Waals surface area contributed by atoms with Gasteiger partial charge in [-0.1, -0.05) is 44.2 Å². The van der Waals surface area contributed by atoms with Gasteiger partial charge in [0.15, 0.2) is 0 Å². The van der Waals surface area contributed by atoms with E-state index in [0.717, 1.165) is 30.9 Å². The molecule has 0 atom stereocenters. The fourth-order valence-corrected chi connectivity index (χ4v) is 3.75. The molecule has 1 aliphatic rings. The van der Waals surface area contributed by atoms with Gasteiger partial charge in [0.05, 0.1) is 30.5 Å². The Morgan fingerprint density at radius 1 is 1.07 bits per heavy atom. The number of unbranched alkanes of at least 4 members (excludes halogenated alkanes) is 4. The van der Waals surface area contributed by atoms with E-state index >= 15 is 0 Å². The molecule has 0 unspecified atom stereocenters. The normalized spacial score (nSPS) is 13.9. The summed E-state index contributed by atoms with van der Waals surface area (Å²) in [7, 11) is 0. The molecule has 1 N–H and O–H groups in total. The van der Waals surface area contributed by atoms with E-state index in [0.29, 0.717) is 36.1 Å². The van der Waals surface area contributed by atoms with E-state index in [-0.39, 0.29) is 5.91 Å². The number of carbonyl (C=O) groups excluding carboxylic acids is 1. The van der Waals surface area contributed by atoms with Crippen LogP contribution in [0.25, 0.3) is 0 Å². The van der Waals surface area contributed by atoms with E-state index in [1.54, 1.807) is 18.2 Å². The van der Waals surface area contributed by atoms with Crippen LogP contribution in [0.1, 0.15) is 49.4 Å². The topological polar surface area (TPSA) is 50.8 Å². The number of nitrogens with zero attached hydrogens (tertiary/aromatic N) is 1. The summed E-state index contributed by atoms with van der Waals surface area (Å²) in [4.78, 5) is 14.8. The minimum Gasteiger partial charge on any atom is -0.494 e. The van der Waals surface area contributed by atoms with Crippen LogP contribution >= 0.6 is 11.6 Å². The second kappa shape index (κ2) is 11.8. The average molecular weight is 431 g/mol. The summed E-state index contributed by atoms with van der Waals surface area (Å²) >= 11 is 6.45. The van der Waals surface area contributed by atoms with Crippen LogP contribution in [0.3, 0.4) is 0 Å². The zero-order valence-corrected chi connectivity index (χ0v) is 18.4. The van der Waals surface area contributed by atoms with Crippen LogP contribution in [-0.4, -0.2) is 38.8 Å². The highest BCUT2D eigenvalue weighted by Gasteiger charge is 2.15. The fourth-order valence-electron chi connectivity index (χ4n) is 3.45. The molecule has 162 valence electrons. The zero-order chi connectivity index (χ0) is 21.2. The number of morpholine rings is 1. The maximum atomic E-state index is 12.6. The van der Waals surface area contributed by atoms with Crippen molar-refractivity contribution in [3.05, 3.63) is 53.1 Å². The van der Waals surface area contributed by atoms with E-state index in [1.165, 1.54) is 25.7 Å². The van der Waals surface area contributed by atoms with Crippen molar-refractivity contribution < 1.29 is 14.3 Å². The molecule has 1 saturated heterocycles. The standard InChI is InChI=1S/C24H31ClN2O3/c1-2-3-4-5-6-15-30-21-10-7-19(8-11-21)24(28)26-20-9-12-23(22(25)18-20)27-13-16-29-17-14-27/h7-12,18H,2-6,13-17H2,1H3,(H,26,28). The van der Waals surface area contributed by atoms with Gasteiger partial charge in [0.2, 0.25) is 0 Å². The maximum Gasteiger partial charge on any atom is 0.255 e. The summed E-state index contributed by atoms with van der Waals surface area (Å²) in [6, 6.07) is 12.9. The Hall–Kier alpha value is -2.24. The molecule has 0 bridgehead atoms. The predicted molar refractivity (Wildman–Crippen MR) is 123 cm³/mol. The number of nitrogens with one attached hydrogen (secondary N) is 1. The largest absolute Gasteiger partial charge is 0.494 e. The van der Waals surface area contributed by atoms with Gasteiger partial charge in [0, 0.05) is 24.3 Å². The number of benzene rings is 2. The Morgan fingerprint density at radius 2 is 1.80 bits per heavy atom. The third kappa shape index (κ3) is 6.64. The lowest BCUT2D eigenvalue weighted by Crippen LogP contribution is -2.36. The van der Waals surface area contributed by atoms with Crippen LogP contribution in [-0.2, 0) is 4.74 Å². The van der Waals surface area contributed by atoms with Crippen molar-refractivity contribution in [3.8, 4) is 5.75 Å². The van der Waals surface area contributed by atoms with Crippen molar-refractivity contribution in [1.82, 2.24) is 0 Å². The first-order valence-electron chi connectivity index (χ1n) is 10.8. The van der Waals surface area contributed by atoms with Gasteiger partial charge in [0.1, 0.15) is 5.75 Å². The third-order valence-electron chi connectivity index (χ3n) is 5.19. The lowest BCUT2D eigenvalue weighted by atomic mass is 10.1. The van der Waals surface area contributed by atoms with Gasteiger partial charge in [0.25, 0.3) is 5.91 Å². The summed E-state index contributed by atoms with van der Waals surface area (Å²) in [6.45, 7) is 5.96. The van der Waals surface area contributed by atoms with Crippen LogP contribution in [0.15, 0.2) is 42.5 Å². The van der Waals surface area contributed by atoms with Gasteiger partial charge >= 0.3 is 0 Å². The molecule has 0 aromatic heterocycles. The predicted octanol–water partition coefficient (Wildman–Crippen LogP) is 5.78. The molecule has 6 heteroatoms. The molecule has 5 nitrogen and oxygen atoms in total. The molecular weight excluding hydrogens is 400 g/mol. The molecule has 2 aromatic rings. The summed E-state index contributed by atoms with van der Waals surface area (Å²) < 4.78 is 11.1. The Morgan fingerprint density at radius 3 is 2.50 bits per heavy atom. The van der Waals surface area contributed by atoms with Gasteiger partial charge in [-0.25, -0.2) is 0 Å². The lowest BCUT2D eigenvalue weighted by molar-refractivity contribution is 0.102. The number of hydrogen-bond acceptors (Lipinski definition) is 4. The van der Waals surface area contributed by atoms with Crippen LogP contribution < -0.4 is 15.0 Å². The summed E-state index contributed by atoms with van der Waals surface area (Å²) in [6.07, 6.45) is 6.04. The lowest BCUT2D eigenvalue weighted by Gasteiger charge is -2.29. The molecule has 1 heterocycles. The highest BCUT2D eigenvalue weighted by molar-refractivity contribution is 6.33. The monoisotopic (exact) mass is 430 g/mol. The van der Waals surface area contributed by atoms with Gasteiger partial charge < -0.3 is 19.7 Å². The van der Waals surface area contributed by atoms with Crippen molar-refractivity contribution in [2.24, 2.45) is 0 Å². The number of halogens is 1. The van der Waals surface area contributed by atoms with E-state index < -0.39 is 0 Å². The van der Waals surface area contributed by atoms with Crippen LogP contribution in [0, 0.1) is 0 Å². The Labute approximate surface area is 184 Å². The number of carbonyl (C=O) groups is 1. The highest BCUT2D eigenvalue weighted by atomic mass is 35.5. The molecule has 30 heavy (non-hydrogen) atoms. The molecule has 0 saturated carbocycles. The van der Waals surface area contributed by atoms with Crippen LogP contribution in [0.5, 0.6) is 5.75 Å². The van der Waals surface area contributed by atoms with Crippen molar-refractivity contribution in [1.29, 1.82) is 0 Å². The number of anilines is 2. The van der Waals surface area contributed by atoms with E-state index in [9.17, 15) is 4.79 Å². The minimum atomic E-state index is -0.170. The Kier molecular flexibility index (Phi) is 8.84. The smallest absolute Gasteiger partial charge is 0.255 e. The van der Waals surface area contributed by atoms with Crippen LogP contribution in [0.2, 0.25) is 5.02 Å². The van der Waals surface area contributed by atoms with E-state index in [1.807, 2.05) is 24.3 Å². The minimum absolute atomic E-state index is 0.170. The van der Waals surface area contributed by atoms with Crippen molar-refractivity contribution >= 4 is 28.9 Å². The Bertz CT molecular complexity index is 805. The average Bonchev–Trinajstić information content (AvgIpc) is 2.77. The van der Waals surface area contributed by atoms with Gasteiger partial charge in [-0.3, -0.25) is 4.79 Å². The molecule has 2 aromatic carbocycles. The molecule has 0 spiro atoms. The number of ether oxygens (including phenoxy) is 2. The van der Waals surface area contributed by atoms with Gasteiger partial charge in [-0.15, -0.1) is 0 Å². The second-order valence-corrected chi connectivity index (χ2v) is 7.91. The molecule has 1 amide bonds. The highest BCUT2D eigenvalue weighted by Crippen LogP contribution is 2.29. The number of hydrogen-bond donors (Lipinski definition) is 1. The van der Waals surface area contributed by atoms with Gasteiger partial charge in [-0.05, 0) is 48.9 Å². The van der Waals surface area contributed by atoms with Crippen molar-refractivity contribution in [2.75, 3.05) is 43.1 Å². The Balaban J connectivity index is 1.50. The number of rotatable bonds is 10. The zero-order valence-electron chi connectivity index (χ0n) is 17.7.